The molecule has 0 aromatic heterocycles. The van der Waals surface area contributed by atoms with Gasteiger partial charge in [-0.05, 0) is 22.0 Å². The van der Waals surface area contributed by atoms with Crippen molar-refractivity contribution in [2.45, 2.75) is 0 Å². The predicted octanol–water partition coefficient (Wildman–Crippen LogP) is 1.85. The average Bonchev–Trinajstić information content (AvgIpc) is 2.02. The Morgan fingerprint density at radius 2 is 1.79 bits per heavy atom. The van der Waals surface area contributed by atoms with E-state index in [1.165, 1.54) is 0 Å². The van der Waals surface area contributed by atoms with E-state index in [1.807, 2.05) is 0 Å². The predicted molar refractivity (Wildman–Crippen MR) is 51.9 cm³/mol. The van der Waals surface area contributed by atoms with Gasteiger partial charge >= 0.3 is 5.69 Å². The van der Waals surface area contributed by atoms with Crippen LogP contribution >= 0.6 is 15.9 Å². The first-order valence-corrected chi connectivity index (χ1v) is 4.11. The molecule has 0 atom stereocenters. The number of halogens is 1. The van der Waals surface area contributed by atoms with Crippen LogP contribution in [-0.2, 0) is 0 Å². The lowest BCUT2D eigenvalue weighted by Gasteiger charge is -1.99. The molecular formula is C6H4BrN3O4. The van der Waals surface area contributed by atoms with Crippen molar-refractivity contribution in [3.63, 3.8) is 0 Å². The fourth-order valence-corrected chi connectivity index (χ4v) is 1.55. The van der Waals surface area contributed by atoms with Crippen LogP contribution in [0.5, 0.6) is 0 Å². The Morgan fingerprint density at radius 1 is 1.21 bits per heavy atom. The monoisotopic (exact) mass is 261 g/mol. The molecule has 14 heavy (non-hydrogen) atoms. The summed E-state index contributed by atoms with van der Waals surface area (Å²) in [6.07, 6.45) is 0. The van der Waals surface area contributed by atoms with Gasteiger partial charge in [-0.25, -0.2) is 0 Å². The van der Waals surface area contributed by atoms with Crippen molar-refractivity contribution in [2.24, 2.45) is 0 Å². The summed E-state index contributed by atoms with van der Waals surface area (Å²) >= 11 is 2.77. The van der Waals surface area contributed by atoms with E-state index in [-0.39, 0.29) is 15.8 Å². The molecule has 0 saturated heterocycles. The zero-order valence-electron chi connectivity index (χ0n) is 6.64. The number of hydrogen-bond acceptors (Lipinski definition) is 5. The fourth-order valence-electron chi connectivity index (χ4n) is 0.895. The minimum absolute atomic E-state index is 0.118. The molecule has 7 nitrogen and oxygen atoms in total. The fraction of sp³-hybridized carbons (Fsp3) is 0. The third-order valence-electron chi connectivity index (χ3n) is 1.51. The van der Waals surface area contributed by atoms with Crippen LogP contribution in [-0.4, -0.2) is 9.85 Å². The second-order valence-corrected chi connectivity index (χ2v) is 3.14. The van der Waals surface area contributed by atoms with E-state index in [2.05, 4.69) is 15.9 Å². The maximum atomic E-state index is 10.5. The van der Waals surface area contributed by atoms with E-state index in [0.717, 1.165) is 12.1 Å². The molecule has 0 amide bonds. The Hall–Kier alpha value is -1.70. The maximum absolute atomic E-state index is 10.5. The van der Waals surface area contributed by atoms with Crippen LogP contribution in [0.15, 0.2) is 16.6 Å². The molecule has 1 rings (SSSR count). The van der Waals surface area contributed by atoms with E-state index in [9.17, 15) is 20.2 Å². The normalized spacial score (nSPS) is 9.79. The summed E-state index contributed by atoms with van der Waals surface area (Å²) in [5, 5.41) is 20.9. The summed E-state index contributed by atoms with van der Waals surface area (Å²) in [5.41, 5.74) is 4.31. The second kappa shape index (κ2) is 3.58. The number of rotatable bonds is 2. The summed E-state index contributed by atoms with van der Waals surface area (Å²) in [6.45, 7) is 0. The van der Waals surface area contributed by atoms with E-state index >= 15 is 0 Å². The number of anilines is 1. The van der Waals surface area contributed by atoms with Crippen LogP contribution < -0.4 is 5.73 Å². The number of nitro benzene ring substituents is 2. The molecule has 0 saturated carbocycles. The Labute approximate surface area is 85.9 Å². The SMILES string of the molecule is Nc1ccc([N+](=O)[O-])c(Br)c1[N+](=O)[O-]. The molecule has 8 heteroatoms. The quantitative estimate of drug-likeness (QED) is 0.496. The summed E-state index contributed by atoms with van der Waals surface area (Å²) in [5.74, 6) is 0. The molecule has 0 aliphatic carbocycles. The van der Waals surface area contributed by atoms with Gasteiger partial charge in [-0.3, -0.25) is 20.2 Å². The molecule has 2 N–H and O–H groups in total. The lowest BCUT2D eigenvalue weighted by molar-refractivity contribution is -0.395. The highest BCUT2D eigenvalue weighted by Gasteiger charge is 2.25. The minimum Gasteiger partial charge on any atom is -0.393 e. The van der Waals surface area contributed by atoms with E-state index in [0.29, 0.717) is 0 Å². The number of nitrogens with zero attached hydrogens (tertiary/aromatic N) is 2. The van der Waals surface area contributed by atoms with Gasteiger partial charge in [0, 0.05) is 6.07 Å². The molecular weight excluding hydrogens is 258 g/mol. The Bertz CT molecular complexity index is 420. The number of nitro groups is 2. The maximum Gasteiger partial charge on any atom is 0.313 e. The van der Waals surface area contributed by atoms with E-state index < -0.39 is 15.5 Å². The smallest absolute Gasteiger partial charge is 0.313 e. The molecule has 0 radical (unpaired) electrons. The lowest BCUT2D eigenvalue weighted by Crippen LogP contribution is -1.99. The highest BCUT2D eigenvalue weighted by atomic mass is 79.9. The summed E-state index contributed by atoms with van der Waals surface area (Å²) in [4.78, 5) is 19.4. The van der Waals surface area contributed by atoms with Crippen molar-refractivity contribution in [2.75, 3.05) is 5.73 Å². The first kappa shape index (κ1) is 10.4. The van der Waals surface area contributed by atoms with Crippen molar-refractivity contribution in [1.29, 1.82) is 0 Å². The van der Waals surface area contributed by atoms with Gasteiger partial charge in [0.15, 0.2) is 4.47 Å². The van der Waals surface area contributed by atoms with Crippen molar-refractivity contribution >= 4 is 33.0 Å². The topological polar surface area (TPSA) is 112 Å². The third kappa shape index (κ3) is 1.64. The van der Waals surface area contributed by atoms with E-state index in [4.69, 9.17) is 5.73 Å². The number of nitrogen functional groups attached to an aromatic ring is 1. The largest absolute Gasteiger partial charge is 0.393 e. The lowest BCUT2D eigenvalue weighted by atomic mass is 10.2. The summed E-state index contributed by atoms with van der Waals surface area (Å²) in [7, 11) is 0. The summed E-state index contributed by atoms with van der Waals surface area (Å²) < 4.78 is -0.215. The highest BCUT2D eigenvalue weighted by Crippen LogP contribution is 2.37. The number of benzene rings is 1. The minimum atomic E-state index is -0.771. The third-order valence-corrected chi connectivity index (χ3v) is 2.29. The van der Waals surface area contributed by atoms with Gasteiger partial charge in [0.05, 0.1) is 9.85 Å². The highest BCUT2D eigenvalue weighted by molar-refractivity contribution is 9.10. The number of hydrogen-bond donors (Lipinski definition) is 1. The molecule has 0 unspecified atom stereocenters. The van der Waals surface area contributed by atoms with Gasteiger partial charge in [-0.1, -0.05) is 0 Å². The molecule has 1 aromatic rings. The first-order valence-electron chi connectivity index (χ1n) is 3.32. The van der Waals surface area contributed by atoms with Crippen molar-refractivity contribution < 1.29 is 9.85 Å². The zero-order valence-corrected chi connectivity index (χ0v) is 8.22. The zero-order chi connectivity index (χ0) is 10.9. The van der Waals surface area contributed by atoms with Gasteiger partial charge in [0.1, 0.15) is 5.69 Å². The van der Waals surface area contributed by atoms with Crippen LogP contribution in [0.1, 0.15) is 0 Å². The van der Waals surface area contributed by atoms with Crippen LogP contribution in [0.25, 0.3) is 0 Å². The van der Waals surface area contributed by atoms with Crippen LogP contribution in [0.4, 0.5) is 17.1 Å². The number of nitrogens with two attached hydrogens (primary N) is 1. The van der Waals surface area contributed by atoms with Crippen molar-refractivity contribution in [3.8, 4) is 0 Å². The summed E-state index contributed by atoms with van der Waals surface area (Å²) in [6, 6.07) is 2.23. The molecule has 0 aliphatic rings. The average molecular weight is 262 g/mol. The van der Waals surface area contributed by atoms with E-state index in [1.54, 1.807) is 0 Å². The Balaban J connectivity index is 3.49. The molecule has 1 aromatic carbocycles. The molecule has 74 valence electrons. The van der Waals surface area contributed by atoms with Gasteiger partial charge < -0.3 is 5.73 Å². The molecule has 0 bridgehead atoms. The van der Waals surface area contributed by atoms with Crippen LogP contribution in [0, 0.1) is 20.2 Å². The van der Waals surface area contributed by atoms with Gasteiger partial charge in [-0.2, -0.15) is 0 Å². The van der Waals surface area contributed by atoms with Crippen molar-refractivity contribution in [3.05, 3.63) is 36.8 Å². The molecule has 0 aliphatic heterocycles. The Kier molecular flexibility index (Phi) is 2.65. The van der Waals surface area contributed by atoms with Crippen molar-refractivity contribution in [1.82, 2.24) is 0 Å². The van der Waals surface area contributed by atoms with Crippen LogP contribution in [0.2, 0.25) is 0 Å². The standard InChI is InChI=1S/C6H4BrN3O4/c7-5-4(9(11)12)2-1-3(8)6(5)10(13)14/h1-2H,8H2. The van der Waals surface area contributed by atoms with Gasteiger partial charge in [0.2, 0.25) is 0 Å². The van der Waals surface area contributed by atoms with Crippen LogP contribution in [0.3, 0.4) is 0 Å². The second-order valence-electron chi connectivity index (χ2n) is 2.35. The molecule has 0 heterocycles. The first-order chi connectivity index (χ1) is 6.45. The van der Waals surface area contributed by atoms with Gasteiger partial charge in [-0.15, -0.1) is 0 Å². The Morgan fingerprint density at radius 3 is 2.21 bits per heavy atom. The molecule has 0 spiro atoms. The molecule has 0 fully saturated rings. The van der Waals surface area contributed by atoms with Gasteiger partial charge in [0.25, 0.3) is 5.69 Å².